The first-order valence-corrected chi connectivity index (χ1v) is 8.07. The van der Waals surface area contributed by atoms with Gasteiger partial charge in [-0.3, -0.25) is 9.48 Å². The average Bonchev–Trinajstić information content (AvgIpc) is 2.86. The molecule has 1 spiro atoms. The number of aliphatic hydroxyl groups excluding tert-OH is 1. The molecule has 2 heterocycles. The summed E-state index contributed by atoms with van der Waals surface area (Å²) in [7, 11) is 1.84. The van der Waals surface area contributed by atoms with Gasteiger partial charge in [-0.25, -0.2) is 0 Å². The third kappa shape index (κ3) is 2.25. The van der Waals surface area contributed by atoms with Gasteiger partial charge in [0, 0.05) is 44.3 Å². The fourth-order valence-corrected chi connectivity index (χ4v) is 3.82. The molecule has 1 aromatic rings. The predicted octanol–water partition coefficient (Wildman–Crippen LogP) is 1.12. The molecule has 6 heteroatoms. The molecule has 2 fully saturated rings. The Bertz CT molecular complexity index is 559. The third-order valence-corrected chi connectivity index (χ3v) is 5.56. The van der Waals surface area contributed by atoms with Gasteiger partial charge in [-0.2, -0.15) is 5.10 Å². The number of nitrogens with zero attached hydrogens (tertiary/aromatic N) is 3. The highest BCUT2D eigenvalue weighted by Gasteiger charge is 2.56. The van der Waals surface area contributed by atoms with Gasteiger partial charge in [0.15, 0.2) is 0 Å². The number of carbonyl (C=O) groups is 1. The maximum absolute atomic E-state index is 12.6. The molecule has 2 unspecified atom stereocenters. The monoisotopic (exact) mass is 307 g/mol. The first kappa shape index (κ1) is 15.5. The molecule has 1 aliphatic heterocycles. The van der Waals surface area contributed by atoms with E-state index in [1.807, 2.05) is 25.8 Å². The summed E-state index contributed by atoms with van der Waals surface area (Å²) in [6, 6.07) is 0. The lowest BCUT2D eigenvalue weighted by atomic mass is 9.58. The van der Waals surface area contributed by atoms with Crippen LogP contribution < -0.4 is 0 Å². The van der Waals surface area contributed by atoms with Crippen molar-refractivity contribution >= 4 is 5.91 Å². The van der Waals surface area contributed by atoms with Gasteiger partial charge >= 0.3 is 0 Å². The van der Waals surface area contributed by atoms with E-state index >= 15 is 0 Å². The summed E-state index contributed by atoms with van der Waals surface area (Å²) in [4.78, 5) is 14.5. The van der Waals surface area contributed by atoms with E-state index < -0.39 is 0 Å². The molecule has 2 atom stereocenters. The molecule has 0 aromatic carbocycles. The summed E-state index contributed by atoms with van der Waals surface area (Å²) in [5, 5.41) is 14.4. The fourth-order valence-electron chi connectivity index (χ4n) is 3.82. The summed E-state index contributed by atoms with van der Waals surface area (Å²) in [5.74, 6) is 0.0437. The van der Waals surface area contributed by atoms with Crippen LogP contribution in [-0.2, 0) is 11.8 Å². The zero-order valence-corrected chi connectivity index (χ0v) is 13.6. The second-order valence-electron chi connectivity index (χ2n) is 6.49. The van der Waals surface area contributed by atoms with E-state index in [1.165, 1.54) is 0 Å². The average molecular weight is 307 g/mol. The normalized spacial score (nSPS) is 27.0. The van der Waals surface area contributed by atoms with Crippen molar-refractivity contribution in [3.63, 3.8) is 0 Å². The number of hydrogen-bond donors (Lipinski definition) is 1. The van der Waals surface area contributed by atoms with Crippen molar-refractivity contribution in [1.82, 2.24) is 14.7 Å². The van der Waals surface area contributed by atoms with Crippen LogP contribution >= 0.6 is 0 Å². The minimum atomic E-state index is -0.290. The van der Waals surface area contributed by atoms with Gasteiger partial charge in [-0.05, 0) is 26.7 Å². The standard InChI is InChI=1S/C16H25N3O3/c1-4-22-14-9-13(20)16(14)5-7-19(8-6-16)15(21)12-10-17-18(3)11(12)2/h10,13-14,20H,4-9H2,1-3H3. The van der Waals surface area contributed by atoms with Crippen LogP contribution in [0.1, 0.15) is 42.2 Å². The highest BCUT2D eigenvalue weighted by molar-refractivity contribution is 5.95. The Hall–Kier alpha value is -1.40. The molecule has 1 aliphatic carbocycles. The summed E-state index contributed by atoms with van der Waals surface area (Å²) < 4.78 is 7.49. The van der Waals surface area contributed by atoms with Gasteiger partial charge in [0.1, 0.15) is 0 Å². The van der Waals surface area contributed by atoms with E-state index in [1.54, 1.807) is 10.9 Å². The predicted molar refractivity (Wildman–Crippen MR) is 81.6 cm³/mol. The van der Waals surface area contributed by atoms with E-state index in [9.17, 15) is 9.90 Å². The molecule has 0 radical (unpaired) electrons. The molecule has 1 saturated heterocycles. The number of ether oxygens (including phenoxy) is 1. The SMILES string of the molecule is CCOC1CC(O)C12CCN(C(=O)c1cnn(C)c1C)CC2. The van der Waals surface area contributed by atoms with Crippen molar-refractivity contribution < 1.29 is 14.6 Å². The number of rotatable bonds is 3. The topological polar surface area (TPSA) is 67.6 Å². The van der Waals surface area contributed by atoms with Gasteiger partial charge in [0.2, 0.25) is 0 Å². The summed E-state index contributed by atoms with van der Waals surface area (Å²) >= 11 is 0. The number of carbonyl (C=O) groups excluding carboxylic acids is 1. The zero-order valence-electron chi connectivity index (χ0n) is 13.6. The second-order valence-corrected chi connectivity index (χ2v) is 6.49. The lowest BCUT2D eigenvalue weighted by Crippen LogP contribution is -2.62. The van der Waals surface area contributed by atoms with Gasteiger partial charge in [-0.15, -0.1) is 0 Å². The molecular weight excluding hydrogens is 282 g/mol. The molecule has 1 N–H and O–H groups in total. The van der Waals surface area contributed by atoms with Crippen molar-refractivity contribution in [3.8, 4) is 0 Å². The minimum Gasteiger partial charge on any atom is -0.392 e. The summed E-state index contributed by atoms with van der Waals surface area (Å²) in [6.07, 6.45) is 3.84. The molecule has 1 amide bonds. The number of aliphatic hydroxyl groups is 1. The van der Waals surface area contributed by atoms with E-state index in [4.69, 9.17) is 4.74 Å². The third-order valence-electron chi connectivity index (χ3n) is 5.56. The maximum Gasteiger partial charge on any atom is 0.257 e. The van der Waals surface area contributed by atoms with Crippen LogP contribution in [0.5, 0.6) is 0 Å². The highest BCUT2D eigenvalue weighted by atomic mass is 16.5. The second kappa shape index (κ2) is 5.66. The molecule has 122 valence electrons. The number of aryl methyl sites for hydroxylation is 1. The van der Waals surface area contributed by atoms with Gasteiger partial charge < -0.3 is 14.7 Å². The number of hydrogen-bond acceptors (Lipinski definition) is 4. The van der Waals surface area contributed by atoms with Crippen LogP contribution in [0.2, 0.25) is 0 Å². The van der Waals surface area contributed by atoms with Gasteiger partial charge in [-0.1, -0.05) is 0 Å². The van der Waals surface area contributed by atoms with Crippen LogP contribution in [0.4, 0.5) is 0 Å². The Kier molecular flexibility index (Phi) is 3.99. The zero-order chi connectivity index (χ0) is 15.9. The van der Waals surface area contributed by atoms with E-state index in [0.717, 1.165) is 25.0 Å². The molecule has 1 saturated carbocycles. The summed E-state index contributed by atoms with van der Waals surface area (Å²) in [5.41, 5.74) is 1.42. The Labute approximate surface area is 131 Å². The lowest BCUT2D eigenvalue weighted by Gasteiger charge is -2.56. The number of aromatic nitrogens is 2. The van der Waals surface area contributed by atoms with Crippen molar-refractivity contribution in [2.45, 2.75) is 45.3 Å². The Morgan fingerprint density at radius 3 is 2.68 bits per heavy atom. The molecule has 2 aliphatic rings. The Morgan fingerprint density at radius 1 is 1.50 bits per heavy atom. The molecule has 6 nitrogen and oxygen atoms in total. The van der Waals surface area contributed by atoms with Crippen molar-refractivity contribution in [2.24, 2.45) is 12.5 Å². The van der Waals surface area contributed by atoms with Crippen LogP contribution in [-0.4, -0.2) is 57.6 Å². The molecule has 1 aromatic heterocycles. The molecule has 22 heavy (non-hydrogen) atoms. The van der Waals surface area contributed by atoms with Crippen LogP contribution in [0.3, 0.4) is 0 Å². The molecule has 0 bridgehead atoms. The number of amides is 1. The lowest BCUT2D eigenvalue weighted by molar-refractivity contribution is -0.207. The highest BCUT2D eigenvalue weighted by Crippen LogP contribution is 2.51. The molecular formula is C16H25N3O3. The van der Waals surface area contributed by atoms with Crippen LogP contribution in [0, 0.1) is 12.3 Å². The fraction of sp³-hybridized carbons (Fsp3) is 0.750. The van der Waals surface area contributed by atoms with Gasteiger partial charge in [0.25, 0.3) is 5.91 Å². The van der Waals surface area contributed by atoms with Crippen LogP contribution in [0.25, 0.3) is 0 Å². The number of piperidine rings is 1. The van der Waals surface area contributed by atoms with E-state index in [2.05, 4.69) is 5.10 Å². The Balaban J connectivity index is 1.67. The van der Waals surface area contributed by atoms with Gasteiger partial charge in [0.05, 0.1) is 24.0 Å². The Morgan fingerprint density at radius 2 is 2.18 bits per heavy atom. The number of likely N-dealkylation sites (tertiary alicyclic amines) is 1. The van der Waals surface area contributed by atoms with E-state index in [-0.39, 0.29) is 23.5 Å². The van der Waals surface area contributed by atoms with Crippen molar-refractivity contribution in [1.29, 1.82) is 0 Å². The first-order valence-electron chi connectivity index (χ1n) is 8.07. The minimum absolute atomic E-state index is 0.0437. The molecule has 3 rings (SSSR count). The first-order chi connectivity index (χ1) is 10.5. The van der Waals surface area contributed by atoms with Crippen molar-refractivity contribution in [2.75, 3.05) is 19.7 Å². The maximum atomic E-state index is 12.6. The largest absolute Gasteiger partial charge is 0.392 e. The van der Waals surface area contributed by atoms with E-state index in [0.29, 0.717) is 25.3 Å². The van der Waals surface area contributed by atoms with Crippen LogP contribution in [0.15, 0.2) is 6.20 Å². The summed E-state index contributed by atoms with van der Waals surface area (Å²) in [6.45, 7) is 5.92. The smallest absolute Gasteiger partial charge is 0.257 e. The van der Waals surface area contributed by atoms with Crippen molar-refractivity contribution in [3.05, 3.63) is 17.5 Å². The quantitative estimate of drug-likeness (QED) is 0.909.